The van der Waals surface area contributed by atoms with Crippen LogP contribution in [0.25, 0.3) is 0 Å². The summed E-state index contributed by atoms with van der Waals surface area (Å²) in [6.45, 7) is 0. The number of para-hydroxylation sites is 1. The van der Waals surface area contributed by atoms with E-state index in [1.165, 1.54) is 12.1 Å². The van der Waals surface area contributed by atoms with Gasteiger partial charge in [-0.2, -0.15) is 13.2 Å². The number of rotatable bonds is 2. The van der Waals surface area contributed by atoms with Crippen LogP contribution in [0, 0.1) is 0 Å². The van der Waals surface area contributed by atoms with Crippen molar-refractivity contribution in [1.29, 1.82) is 0 Å². The quantitative estimate of drug-likeness (QED) is 0.805. The lowest BCUT2D eigenvalue weighted by molar-refractivity contribution is -0.137. The number of benzene rings is 2. The maximum atomic E-state index is 12.4. The molecule has 0 aliphatic rings. The van der Waals surface area contributed by atoms with Crippen molar-refractivity contribution in [2.24, 2.45) is 0 Å². The number of hydrogen-bond acceptors (Lipinski definition) is 1. The molecule has 0 fully saturated rings. The fourth-order valence-electron chi connectivity index (χ4n) is 1.73. The smallest absolute Gasteiger partial charge is 0.398 e. The second-order valence-electron chi connectivity index (χ2n) is 4.07. The van der Waals surface area contributed by atoms with Crippen LogP contribution in [-0.4, -0.2) is 0 Å². The van der Waals surface area contributed by atoms with Crippen molar-refractivity contribution >= 4 is 5.69 Å². The van der Waals surface area contributed by atoms with Gasteiger partial charge in [0.1, 0.15) is 0 Å². The van der Waals surface area contributed by atoms with E-state index in [0.717, 1.165) is 23.3 Å². The van der Waals surface area contributed by atoms with E-state index >= 15 is 0 Å². The minimum Gasteiger partial charge on any atom is -0.398 e. The van der Waals surface area contributed by atoms with Crippen LogP contribution in [0.3, 0.4) is 0 Å². The van der Waals surface area contributed by atoms with Gasteiger partial charge in [-0.15, -0.1) is 0 Å². The van der Waals surface area contributed by atoms with Gasteiger partial charge in [0.25, 0.3) is 0 Å². The Morgan fingerprint density at radius 2 is 1.50 bits per heavy atom. The fourth-order valence-corrected chi connectivity index (χ4v) is 1.73. The first-order valence-electron chi connectivity index (χ1n) is 5.46. The summed E-state index contributed by atoms with van der Waals surface area (Å²) >= 11 is 0. The molecule has 18 heavy (non-hydrogen) atoms. The zero-order chi connectivity index (χ0) is 13.2. The number of alkyl halides is 3. The van der Waals surface area contributed by atoms with Crippen LogP contribution < -0.4 is 5.73 Å². The Morgan fingerprint density at radius 1 is 0.889 bits per heavy atom. The Balaban J connectivity index is 2.19. The molecular weight excluding hydrogens is 239 g/mol. The minimum absolute atomic E-state index is 0.533. The maximum absolute atomic E-state index is 12.4. The summed E-state index contributed by atoms with van der Waals surface area (Å²) in [7, 11) is 0. The summed E-state index contributed by atoms with van der Waals surface area (Å²) in [5, 5.41) is 0. The number of anilines is 1. The van der Waals surface area contributed by atoms with Gasteiger partial charge >= 0.3 is 6.18 Å². The van der Waals surface area contributed by atoms with E-state index in [9.17, 15) is 13.2 Å². The third kappa shape index (κ3) is 2.83. The normalized spacial score (nSPS) is 11.5. The molecule has 0 heterocycles. The van der Waals surface area contributed by atoms with Crippen molar-refractivity contribution in [3.05, 3.63) is 65.2 Å². The van der Waals surface area contributed by atoms with Crippen LogP contribution in [0.2, 0.25) is 0 Å². The third-order valence-corrected chi connectivity index (χ3v) is 2.73. The van der Waals surface area contributed by atoms with Crippen LogP contribution in [0.5, 0.6) is 0 Å². The summed E-state index contributed by atoms with van der Waals surface area (Å²) in [6.07, 6.45) is -3.75. The van der Waals surface area contributed by atoms with Crippen LogP contribution in [0.4, 0.5) is 18.9 Å². The molecule has 2 aromatic rings. The summed E-state index contributed by atoms with van der Waals surface area (Å²) in [6, 6.07) is 12.5. The Kier molecular flexibility index (Phi) is 3.28. The number of halogens is 3. The van der Waals surface area contributed by atoms with Gasteiger partial charge in [0.15, 0.2) is 0 Å². The molecule has 0 atom stereocenters. The highest BCUT2D eigenvalue weighted by atomic mass is 19.4. The Morgan fingerprint density at radius 3 is 2.06 bits per heavy atom. The average Bonchev–Trinajstić information content (AvgIpc) is 2.32. The van der Waals surface area contributed by atoms with Gasteiger partial charge in [-0.3, -0.25) is 0 Å². The van der Waals surface area contributed by atoms with Gasteiger partial charge in [0, 0.05) is 5.69 Å². The van der Waals surface area contributed by atoms with Gasteiger partial charge in [-0.1, -0.05) is 30.3 Å². The van der Waals surface area contributed by atoms with Crippen molar-refractivity contribution in [3.63, 3.8) is 0 Å². The summed E-state index contributed by atoms with van der Waals surface area (Å²) in [4.78, 5) is 0. The van der Waals surface area contributed by atoms with Gasteiger partial charge in [-0.25, -0.2) is 0 Å². The molecule has 1 nitrogen and oxygen atoms in total. The van der Waals surface area contributed by atoms with Crippen LogP contribution in [0.1, 0.15) is 16.7 Å². The molecule has 0 aliphatic heterocycles. The fraction of sp³-hybridized carbons (Fsp3) is 0.143. The third-order valence-electron chi connectivity index (χ3n) is 2.73. The summed E-state index contributed by atoms with van der Waals surface area (Å²) < 4.78 is 37.2. The van der Waals surface area contributed by atoms with Crippen molar-refractivity contribution in [1.82, 2.24) is 0 Å². The molecule has 0 aliphatic carbocycles. The lowest BCUT2D eigenvalue weighted by atomic mass is 10.0. The number of nitrogen functional groups attached to an aromatic ring is 1. The van der Waals surface area contributed by atoms with E-state index in [0.29, 0.717) is 12.1 Å². The first-order chi connectivity index (χ1) is 8.47. The highest BCUT2D eigenvalue weighted by Crippen LogP contribution is 2.29. The van der Waals surface area contributed by atoms with Crippen molar-refractivity contribution in [3.8, 4) is 0 Å². The predicted molar refractivity (Wildman–Crippen MR) is 65.1 cm³/mol. The molecular formula is C14H12F3N. The highest BCUT2D eigenvalue weighted by Gasteiger charge is 2.29. The molecule has 94 valence electrons. The lowest BCUT2D eigenvalue weighted by Gasteiger charge is -2.08. The summed E-state index contributed by atoms with van der Waals surface area (Å²) in [5.41, 5.74) is 7.53. The predicted octanol–water partition coefficient (Wildman–Crippen LogP) is 3.88. The molecule has 0 unspecified atom stereocenters. The zero-order valence-corrected chi connectivity index (χ0v) is 9.54. The van der Waals surface area contributed by atoms with Gasteiger partial charge < -0.3 is 5.73 Å². The maximum Gasteiger partial charge on any atom is 0.416 e. The highest BCUT2D eigenvalue weighted by molar-refractivity contribution is 5.48. The van der Waals surface area contributed by atoms with Gasteiger partial charge in [0.05, 0.1) is 5.56 Å². The Bertz CT molecular complexity index is 529. The standard InChI is InChI=1S/C14H12F3N/c15-14(16,17)12-7-5-10(6-8-12)9-11-3-1-2-4-13(11)18/h1-8H,9,18H2. The van der Waals surface area contributed by atoms with Crippen LogP contribution >= 0.6 is 0 Å². The van der Waals surface area contributed by atoms with Gasteiger partial charge in [-0.05, 0) is 35.7 Å². The minimum atomic E-state index is -4.29. The first kappa shape index (κ1) is 12.5. The Labute approximate surface area is 103 Å². The van der Waals surface area contributed by atoms with E-state index in [4.69, 9.17) is 5.73 Å². The zero-order valence-electron chi connectivity index (χ0n) is 9.54. The Hall–Kier alpha value is -1.97. The van der Waals surface area contributed by atoms with Crippen molar-refractivity contribution < 1.29 is 13.2 Å². The second-order valence-corrected chi connectivity index (χ2v) is 4.07. The van der Waals surface area contributed by atoms with Crippen molar-refractivity contribution in [2.75, 3.05) is 5.73 Å². The van der Waals surface area contributed by atoms with Gasteiger partial charge in [0.2, 0.25) is 0 Å². The molecule has 0 aromatic heterocycles. The number of nitrogens with two attached hydrogens (primary N) is 1. The topological polar surface area (TPSA) is 26.0 Å². The monoisotopic (exact) mass is 251 g/mol. The molecule has 2 aromatic carbocycles. The van der Waals surface area contributed by atoms with E-state index in [2.05, 4.69) is 0 Å². The molecule has 4 heteroatoms. The molecule has 0 bridgehead atoms. The molecule has 2 rings (SSSR count). The van der Waals surface area contributed by atoms with E-state index in [-0.39, 0.29) is 0 Å². The van der Waals surface area contributed by atoms with E-state index < -0.39 is 11.7 Å². The molecule has 0 amide bonds. The molecule has 0 saturated carbocycles. The van der Waals surface area contributed by atoms with E-state index in [1.807, 2.05) is 18.2 Å². The molecule has 0 radical (unpaired) electrons. The van der Waals surface area contributed by atoms with E-state index in [1.54, 1.807) is 6.07 Å². The SMILES string of the molecule is Nc1ccccc1Cc1ccc(C(F)(F)F)cc1. The summed E-state index contributed by atoms with van der Waals surface area (Å²) in [5.74, 6) is 0. The van der Waals surface area contributed by atoms with Crippen molar-refractivity contribution in [2.45, 2.75) is 12.6 Å². The molecule has 0 spiro atoms. The molecule has 2 N–H and O–H groups in total. The van der Waals surface area contributed by atoms with Crippen LogP contribution in [-0.2, 0) is 12.6 Å². The first-order valence-corrected chi connectivity index (χ1v) is 5.46. The second kappa shape index (κ2) is 4.72. The number of hydrogen-bond donors (Lipinski definition) is 1. The molecule has 0 saturated heterocycles. The lowest BCUT2D eigenvalue weighted by Crippen LogP contribution is -2.04. The average molecular weight is 251 g/mol. The van der Waals surface area contributed by atoms with Crippen LogP contribution in [0.15, 0.2) is 48.5 Å². The largest absolute Gasteiger partial charge is 0.416 e.